The molecule has 1 N–H and O–H groups in total. The van der Waals surface area contributed by atoms with Gasteiger partial charge in [0.2, 0.25) is 11.7 Å². The fourth-order valence-corrected chi connectivity index (χ4v) is 4.85. The van der Waals surface area contributed by atoms with E-state index in [4.69, 9.17) is 19.2 Å². The van der Waals surface area contributed by atoms with Crippen LogP contribution in [0.25, 0.3) is 11.0 Å². The number of carbonyl (C=O) groups excluding carboxylic acids is 2. The van der Waals surface area contributed by atoms with Crippen molar-refractivity contribution in [1.82, 2.24) is 19.8 Å². The molecule has 9 heteroatoms. The molecule has 0 aliphatic carbocycles. The fraction of sp³-hybridized carbons (Fsp3) is 0.464. The molecule has 0 spiro atoms. The largest absolute Gasteiger partial charge is 0.493 e. The van der Waals surface area contributed by atoms with Gasteiger partial charge in [-0.05, 0) is 37.1 Å². The van der Waals surface area contributed by atoms with Gasteiger partial charge in [-0.2, -0.15) is 0 Å². The van der Waals surface area contributed by atoms with Crippen LogP contribution in [0.15, 0.2) is 36.4 Å². The number of hydrogen-bond donors (Lipinski definition) is 1. The zero-order chi connectivity index (χ0) is 26.2. The molecular weight excluding hydrogens is 472 g/mol. The molecular formula is C28H36N4O5. The third-order valence-corrected chi connectivity index (χ3v) is 6.80. The van der Waals surface area contributed by atoms with E-state index >= 15 is 0 Å². The van der Waals surface area contributed by atoms with E-state index in [2.05, 4.69) is 9.88 Å². The number of ether oxygens (including phenoxy) is 3. The van der Waals surface area contributed by atoms with E-state index in [1.165, 1.54) is 34.2 Å². The van der Waals surface area contributed by atoms with Gasteiger partial charge < -0.3 is 29.0 Å². The number of nitrogens with zero attached hydrogens (tertiary/aromatic N) is 3. The average molecular weight is 509 g/mol. The second-order valence-electron chi connectivity index (χ2n) is 9.13. The number of aromatic nitrogens is 2. The van der Waals surface area contributed by atoms with Gasteiger partial charge in [0.25, 0.3) is 5.91 Å². The van der Waals surface area contributed by atoms with E-state index in [0.29, 0.717) is 48.7 Å². The standard InChI is InChI=1S/C28H36N4O5/c1-35-23-18-20(19-24(36-2)27(23)37-3)28(34)29-14-12-25-30-21-10-6-7-11-22(21)32(25)17-13-26(33)31-15-8-4-5-9-16-31/h6-7,10-11,18-19H,4-5,8-9,12-17H2,1-3H3,(H,29,34). The van der Waals surface area contributed by atoms with E-state index < -0.39 is 0 Å². The Kier molecular flexibility index (Phi) is 8.87. The minimum absolute atomic E-state index is 0.196. The smallest absolute Gasteiger partial charge is 0.251 e. The third kappa shape index (κ3) is 6.15. The van der Waals surface area contributed by atoms with Gasteiger partial charge in [0, 0.05) is 44.6 Å². The Bertz CT molecular complexity index is 1210. The first kappa shape index (κ1) is 26.3. The van der Waals surface area contributed by atoms with Crippen LogP contribution in [0.2, 0.25) is 0 Å². The fourth-order valence-electron chi connectivity index (χ4n) is 4.85. The number of hydrogen-bond acceptors (Lipinski definition) is 6. The van der Waals surface area contributed by atoms with E-state index in [1.807, 2.05) is 29.2 Å². The first-order valence-electron chi connectivity index (χ1n) is 12.9. The summed E-state index contributed by atoms with van der Waals surface area (Å²) < 4.78 is 18.2. The number of carbonyl (C=O) groups is 2. The summed E-state index contributed by atoms with van der Waals surface area (Å²) >= 11 is 0. The summed E-state index contributed by atoms with van der Waals surface area (Å²) in [4.78, 5) is 32.6. The Labute approximate surface area is 217 Å². The van der Waals surface area contributed by atoms with Crippen molar-refractivity contribution in [3.8, 4) is 17.2 Å². The second-order valence-corrected chi connectivity index (χ2v) is 9.13. The van der Waals surface area contributed by atoms with Crippen molar-refractivity contribution in [1.29, 1.82) is 0 Å². The monoisotopic (exact) mass is 508 g/mol. The predicted octanol–water partition coefficient (Wildman–Crippen LogP) is 3.83. The number of fused-ring (bicyclic) bond motifs is 1. The Morgan fingerprint density at radius 2 is 1.62 bits per heavy atom. The van der Waals surface area contributed by atoms with Crippen LogP contribution in [0.5, 0.6) is 17.2 Å². The van der Waals surface area contributed by atoms with Gasteiger partial charge in [0.15, 0.2) is 11.5 Å². The molecule has 37 heavy (non-hydrogen) atoms. The van der Waals surface area contributed by atoms with Crippen molar-refractivity contribution in [3.05, 3.63) is 47.8 Å². The number of imidazole rings is 1. The Balaban J connectivity index is 1.44. The number of likely N-dealkylation sites (tertiary alicyclic amines) is 1. The molecule has 1 saturated heterocycles. The highest BCUT2D eigenvalue weighted by Crippen LogP contribution is 2.38. The lowest BCUT2D eigenvalue weighted by Gasteiger charge is -2.20. The molecule has 9 nitrogen and oxygen atoms in total. The lowest BCUT2D eigenvalue weighted by Crippen LogP contribution is -2.32. The summed E-state index contributed by atoms with van der Waals surface area (Å²) in [6.07, 6.45) is 5.52. The number of aryl methyl sites for hydroxylation is 1. The average Bonchev–Trinajstić information content (AvgIpc) is 3.07. The highest BCUT2D eigenvalue weighted by molar-refractivity contribution is 5.95. The van der Waals surface area contributed by atoms with Crippen molar-refractivity contribution in [2.24, 2.45) is 0 Å². The van der Waals surface area contributed by atoms with Crippen LogP contribution in [0.3, 0.4) is 0 Å². The molecule has 0 bridgehead atoms. The van der Waals surface area contributed by atoms with E-state index in [9.17, 15) is 9.59 Å². The van der Waals surface area contributed by atoms with Gasteiger partial charge in [-0.1, -0.05) is 25.0 Å². The van der Waals surface area contributed by atoms with Crippen molar-refractivity contribution in [3.63, 3.8) is 0 Å². The van der Waals surface area contributed by atoms with Crippen LogP contribution in [-0.2, 0) is 17.8 Å². The molecule has 2 amide bonds. The lowest BCUT2D eigenvalue weighted by atomic mass is 10.1. The number of para-hydroxylation sites is 2. The zero-order valence-electron chi connectivity index (χ0n) is 21.9. The van der Waals surface area contributed by atoms with Crippen molar-refractivity contribution < 1.29 is 23.8 Å². The van der Waals surface area contributed by atoms with E-state index in [0.717, 1.165) is 42.8 Å². The molecule has 0 saturated carbocycles. The highest BCUT2D eigenvalue weighted by Gasteiger charge is 2.19. The van der Waals surface area contributed by atoms with Crippen LogP contribution in [0.4, 0.5) is 0 Å². The summed E-state index contributed by atoms with van der Waals surface area (Å²) in [5.74, 6) is 2.06. The first-order chi connectivity index (χ1) is 18.0. The maximum atomic E-state index is 12.9. The molecule has 3 aromatic rings. The molecule has 0 unspecified atom stereocenters. The number of rotatable bonds is 10. The van der Waals surface area contributed by atoms with Crippen LogP contribution in [-0.4, -0.2) is 67.2 Å². The summed E-state index contributed by atoms with van der Waals surface area (Å²) in [5.41, 5.74) is 2.29. The van der Waals surface area contributed by atoms with Gasteiger partial charge in [-0.3, -0.25) is 9.59 Å². The predicted molar refractivity (Wildman–Crippen MR) is 142 cm³/mol. The molecule has 0 atom stereocenters. The summed E-state index contributed by atoms with van der Waals surface area (Å²) in [5, 5.41) is 2.96. The lowest BCUT2D eigenvalue weighted by molar-refractivity contribution is -0.131. The SMILES string of the molecule is COc1cc(C(=O)NCCc2nc3ccccc3n2CCC(=O)N2CCCCCC2)cc(OC)c1OC. The number of nitrogens with one attached hydrogen (secondary N) is 1. The molecule has 0 radical (unpaired) electrons. The molecule has 1 aliphatic heterocycles. The summed E-state index contributed by atoms with van der Waals surface area (Å²) in [7, 11) is 4.55. The van der Waals surface area contributed by atoms with Gasteiger partial charge in [-0.25, -0.2) is 4.98 Å². The van der Waals surface area contributed by atoms with Gasteiger partial charge in [0.1, 0.15) is 5.82 Å². The molecule has 198 valence electrons. The van der Waals surface area contributed by atoms with Crippen LogP contribution in [0.1, 0.15) is 48.3 Å². The Hall–Kier alpha value is -3.75. The zero-order valence-corrected chi connectivity index (χ0v) is 21.9. The highest BCUT2D eigenvalue weighted by atomic mass is 16.5. The Morgan fingerprint density at radius 1 is 0.946 bits per heavy atom. The molecule has 1 aromatic heterocycles. The molecule has 1 aliphatic rings. The topological polar surface area (TPSA) is 94.9 Å². The summed E-state index contributed by atoms with van der Waals surface area (Å²) in [6, 6.07) is 11.2. The van der Waals surface area contributed by atoms with Crippen LogP contribution >= 0.6 is 0 Å². The van der Waals surface area contributed by atoms with E-state index in [1.54, 1.807) is 12.1 Å². The van der Waals surface area contributed by atoms with Crippen LogP contribution in [0, 0.1) is 0 Å². The quantitative estimate of drug-likeness (QED) is 0.447. The maximum Gasteiger partial charge on any atom is 0.251 e. The number of methoxy groups -OCH3 is 3. The number of benzene rings is 2. The normalized spacial score (nSPS) is 13.8. The minimum atomic E-state index is -0.252. The van der Waals surface area contributed by atoms with Crippen molar-refractivity contribution in [2.75, 3.05) is 41.0 Å². The van der Waals surface area contributed by atoms with Gasteiger partial charge >= 0.3 is 0 Å². The van der Waals surface area contributed by atoms with Gasteiger partial charge in [0.05, 0.1) is 32.4 Å². The van der Waals surface area contributed by atoms with Crippen LogP contribution < -0.4 is 19.5 Å². The van der Waals surface area contributed by atoms with Crippen molar-refractivity contribution in [2.45, 2.75) is 45.1 Å². The van der Waals surface area contributed by atoms with Crippen molar-refractivity contribution >= 4 is 22.8 Å². The van der Waals surface area contributed by atoms with E-state index in [-0.39, 0.29) is 11.8 Å². The third-order valence-electron chi connectivity index (χ3n) is 6.80. The maximum absolute atomic E-state index is 12.9. The summed E-state index contributed by atoms with van der Waals surface area (Å²) in [6.45, 7) is 2.65. The van der Waals surface area contributed by atoms with Gasteiger partial charge in [-0.15, -0.1) is 0 Å². The number of amides is 2. The first-order valence-corrected chi connectivity index (χ1v) is 12.9. The Morgan fingerprint density at radius 3 is 2.27 bits per heavy atom. The molecule has 2 aromatic carbocycles. The minimum Gasteiger partial charge on any atom is -0.493 e. The molecule has 1 fully saturated rings. The molecule has 2 heterocycles. The second kappa shape index (κ2) is 12.5. The molecule has 4 rings (SSSR count).